The molecular formula is C17H24N4O3. The van der Waals surface area contributed by atoms with Crippen molar-refractivity contribution in [2.75, 3.05) is 11.9 Å². The molecule has 0 radical (unpaired) electrons. The molecule has 1 aromatic heterocycles. The normalized spacial score (nSPS) is 11.3. The molecule has 2 amide bonds. The Morgan fingerprint density at radius 3 is 2.33 bits per heavy atom. The van der Waals surface area contributed by atoms with Gasteiger partial charge in [-0.3, -0.25) is 0 Å². The summed E-state index contributed by atoms with van der Waals surface area (Å²) in [5, 5.41) is 23.0. The van der Waals surface area contributed by atoms with Crippen LogP contribution >= 0.6 is 0 Å². The standard InChI is InChI=1S/C17H24N4O3/c1-4-14-20-21-15(24-14)12-7-9-13(10-8-12)18-16(23)19-17(5-2,6-3)11-22/h7-10,22H,4-6,11H2,1-3H3,(H2,18,19,23). The smallest absolute Gasteiger partial charge is 0.319 e. The summed E-state index contributed by atoms with van der Waals surface area (Å²) >= 11 is 0. The maximum Gasteiger partial charge on any atom is 0.319 e. The van der Waals surface area contributed by atoms with E-state index in [0.717, 1.165) is 5.56 Å². The van der Waals surface area contributed by atoms with Crippen LogP contribution in [-0.2, 0) is 6.42 Å². The Morgan fingerprint density at radius 2 is 1.83 bits per heavy atom. The number of nitrogens with zero attached hydrogens (tertiary/aromatic N) is 2. The summed E-state index contributed by atoms with van der Waals surface area (Å²) < 4.78 is 5.50. The first-order valence-electron chi connectivity index (χ1n) is 8.18. The van der Waals surface area contributed by atoms with Gasteiger partial charge in [-0.25, -0.2) is 4.79 Å². The van der Waals surface area contributed by atoms with E-state index in [-0.39, 0.29) is 12.6 Å². The van der Waals surface area contributed by atoms with E-state index in [1.54, 1.807) is 12.1 Å². The zero-order valence-electron chi connectivity index (χ0n) is 14.3. The molecule has 7 nitrogen and oxygen atoms in total. The van der Waals surface area contributed by atoms with Crippen molar-refractivity contribution in [2.24, 2.45) is 0 Å². The summed E-state index contributed by atoms with van der Waals surface area (Å²) in [6.07, 6.45) is 2.00. The highest BCUT2D eigenvalue weighted by atomic mass is 16.4. The monoisotopic (exact) mass is 332 g/mol. The molecule has 2 aromatic rings. The third kappa shape index (κ3) is 4.11. The zero-order valence-corrected chi connectivity index (χ0v) is 14.3. The molecule has 1 heterocycles. The minimum Gasteiger partial charge on any atom is -0.421 e. The fourth-order valence-corrected chi connectivity index (χ4v) is 2.30. The van der Waals surface area contributed by atoms with Crippen molar-refractivity contribution in [2.45, 2.75) is 45.6 Å². The largest absolute Gasteiger partial charge is 0.421 e. The summed E-state index contributed by atoms with van der Waals surface area (Å²) in [6.45, 7) is 5.72. The van der Waals surface area contributed by atoms with Crippen molar-refractivity contribution >= 4 is 11.7 Å². The number of aliphatic hydroxyl groups is 1. The Labute approximate surface area is 141 Å². The van der Waals surface area contributed by atoms with Gasteiger partial charge in [0.05, 0.1) is 12.1 Å². The van der Waals surface area contributed by atoms with E-state index in [4.69, 9.17) is 4.42 Å². The van der Waals surface area contributed by atoms with Gasteiger partial charge >= 0.3 is 6.03 Å². The number of urea groups is 1. The molecule has 24 heavy (non-hydrogen) atoms. The number of aromatic nitrogens is 2. The minimum atomic E-state index is -0.593. The highest BCUT2D eigenvalue weighted by Gasteiger charge is 2.27. The fourth-order valence-electron chi connectivity index (χ4n) is 2.30. The molecule has 1 aromatic carbocycles. The van der Waals surface area contributed by atoms with Gasteiger partial charge in [-0.1, -0.05) is 20.8 Å². The van der Waals surface area contributed by atoms with Crippen LogP contribution in [0.15, 0.2) is 28.7 Å². The maximum atomic E-state index is 12.1. The highest BCUT2D eigenvalue weighted by molar-refractivity contribution is 5.90. The lowest BCUT2D eigenvalue weighted by Gasteiger charge is -2.30. The second-order valence-electron chi connectivity index (χ2n) is 5.66. The van der Waals surface area contributed by atoms with Crippen molar-refractivity contribution in [1.82, 2.24) is 15.5 Å². The van der Waals surface area contributed by atoms with Gasteiger partial charge in [-0.15, -0.1) is 10.2 Å². The number of carbonyl (C=O) groups is 1. The lowest BCUT2D eigenvalue weighted by molar-refractivity contribution is 0.155. The number of nitrogens with one attached hydrogen (secondary N) is 2. The molecule has 130 valence electrons. The predicted molar refractivity (Wildman–Crippen MR) is 91.7 cm³/mol. The van der Waals surface area contributed by atoms with Crippen LogP contribution in [0, 0.1) is 0 Å². The van der Waals surface area contributed by atoms with E-state index < -0.39 is 5.54 Å². The maximum absolute atomic E-state index is 12.1. The summed E-state index contributed by atoms with van der Waals surface area (Å²) in [7, 11) is 0. The lowest BCUT2D eigenvalue weighted by Crippen LogP contribution is -2.51. The van der Waals surface area contributed by atoms with Gasteiger partial charge in [0.15, 0.2) is 0 Å². The number of aliphatic hydroxyl groups excluding tert-OH is 1. The molecule has 7 heteroatoms. The van der Waals surface area contributed by atoms with Gasteiger partial charge in [0, 0.05) is 17.7 Å². The van der Waals surface area contributed by atoms with Gasteiger partial charge < -0.3 is 20.2 Å². The SMILES string of the molecule is CCc1nnc(-c2ccc(NC(=O)NC(CC)(CC)CO)cc2)o1. The number of carbonyl (C=O) groups excluding carboxylic acids is 1. The fraction of sp³-hybridized carbons (Fsp3) is 0.471. The Balaban J connectivity index is 2.02. The molecule has 0 saturated carbocycles. The van der Waals surface area contributed by atoms with Gasteiger partial charge in [0.2, 0.25) is 11.8 Å². The van der Waals surface area contributed by atoms with Crippen LogP contribution in [0.25, 0.3) is 11.5 Å². The Morgan fingerprint density at radius 1 is 1.17 bits per heavy atom. The molecule has 2 rings (SSSR count). The number of benzene rings is 1. The van der Waals surface area contributed by atoms with Crippen molar-refractivity contribution in [1.29, 1.82) is 0 Å². The molecule has 0 atom stereocenters. The van der Waals surface area contributed by atoms with E-state index in [9.17, 15) is 9.90 Å². The number of hydrogen-bond donors (Lipinski definition) is 3. The third-order valence-electron chi connectivity index (χ3n) is 4.19. The molecule has 0 saturated heterocycles. The van der Waals surface area contributed by atoms with E-state index in [1.807, 2.05) is 32.9 Å². The van der Waals surface area contributed by atoms with E-state index >= 15 is 0 Å². The zero-order chi connectivity index (χ0) is 17.6. The molecular weight excluding hydrogens is 308 g/mol. The quantitative estimate of drug-likeness (QED) is 0.724. The highest BCUT2D eigenvalue weighted by Crippen LogP contribution is 2.21. The summed E-state index contributed by atoms with van der Waals surface area (Å²) in [5.41, 5.74) is 0.843. The average Bonchev–Trinajstić information content (AvgIpc) is 3.09. The molecule has 0 aliphatic carbocycles. The molecule has 0 fully saturated rings. The van der Waals surface area contributed by atoms with Crippen LogP contribution in [0.2, 0.25) is 0 Å². The van der Waals surface area contributed by atoms with Gasteiger partial charge in [0.25, 0.3) is 0 Å². The van der Waals surface area contributed by atoms with Gasteiger partial charge in [0.1, 0.15) is 0 Å². The second-order valence-corrected chi connectivity index (χ2v) is 5.66. The van der Waals surface area contributed by atoms with Gasteiger partial charge in [-0.05, 0) is 37.1 Å². The molecule has 0 bridgehead atoms. The Hall–Kier alpha value is -2.41. The number of amides is 2. The molecule has 0 unspecified atom stereocenters. The van der Waals surface area contributed by atoms with Crippen LogP contribution in [-0.4, -0.2) is 33.5 Å². The van der Waals surface area contributed by atoms with E-state index in [0.29, 0.717) is 36.7 Å². The third-order valence-corrected chi connectivity index (χ3v) is 4.19. The number of aryl methyl sites for hydroxylation is 1. The van der Waals surface area contributed by atoms with Crippen LogP contribution in [0.4, 0.5) is 10.5 Å². The van der Waals surface area contributed by atoms with Gasteiger partial charge in [-0.2, -0.15) is 0 Å². The first-order valence-corrected chi connectivity index (χ1v) is 8.18. The van der Waals surface area contributed by atoms with Crippen LogP contribution < -0.4 is 10.6 Å². The van der Waals surface area contributed by atoms with Crippen molar-refractivity contribution in [3.8, 4) is 11.5 Å². The summed E-state index contributed by atoms with van der Waals surface area (Å²) in [6, 6.07) is 6.81. The van der Waals surface area contributed by atoms with Crippen molar-refractivity contribution in [3.05, 3.63) is 30.2 Å². The molecule has 3 N–H and O–H groups in total. The first-order chi connectivity index (χ1) is 11.6. The van der Waals surface area contributed by atoms with E-state index in [1.165, 1.54) is 0 Å². The summed E-state index contributed by atoms with van der Waals surface area (Å²) in [4.78, 5) is 12.1. The topological polar surface area (TPSA) is 100 Å². The number of rotatable bonds is 7. The number of anilines is 1. The summed E-state index contributed by atoms with van der Waals surface area (Å²) in [5.74, 6) is 1.05. The van der Waals surface area contributed by atoms with Crippen LogP contribution in [0.1, 0.15) is 39.5 Å². The second kappa shape index (κ2) is 7.92. The molecule has 0 spiro atoms. The minimum absolute atomic E-state index is 0.0940. The Kier molecular flexibility index (Phi) is 5.92. The van der Waals surface area contributed by atoms with Crippen molar-refractivity contribution < 1.29 is 14.3 Å². The van der Waals surface area contributed by atoms with E-state index in [2.05, 4.69) is 20.8 Å². The van der Waals surface area contributed by atoms with Crippen LogP contribution in [0.5, 0.6) is 0 Å². The molecule has 0 aliphatic heterocycles. The predicted octanol–water partition coefficient (Wildman–Crippen LogP) is 2.97. The first kappa shape index (κ1) is 17.9. The van der Waals surface area contributed by atoms with Crippen molar-refractivity contribution in [3.63, 3.8) is 0 Å². The molecule has 0 aliphatic rings. The Bertz CT molecular complexity index is 654. The number of hydrogen-bond acceptors (Lipinski definition) is 5. The van der Waals surface area contributed by atoms with Crippen LogP contribution in [0.3, 0.4) is 0 Å². The lowest BCUT2D eigenvalue weighted by atomic mass is 9.94. The average molecular weight is 332 g/mol.